The molecule has 148 valence electrons. The van der Waals surface area contributed by atoms with Gasteiger partial charge in [0, 0.05) is 0 Å². The largest absolute Gasteiger partial charge is 0.454 e. The lowest BCUT2D eigenvalue weighted by Gasteiger charge is -2.21. The van der Waals surface area contributed by atoms with Gasteiger partial charge in [-0.3, -0.25) is 19.8 Å². The Morgan fingerprint density at radius 1 is 1.15 bits per heavy atom. The van der Waals surface area contributed by atoms with Gasteiger partial charge in [-0.05, 0) is 38.1 Å². The summed E-state index contributed by atoms with van der Waals surface area (Å²) < 4.78 is 15.3. The number of fused-ring (bicyclic) bond motifs is 1. The third kappa shape index (κ3) is 6.14. The van der Waals surface area contributed by atoms with Crippen molar-refractivity contribution in [1.82, 2.24) is 15.5 Å². The van der Waals surface area contributed by atoms with Gasteiger partial charge in [0.2, 0.25) is 18.6 Å². The number of imide groups is 1. The van der Waals surface area contributed by atoms with E-state index in [0.717, 1.165) is 5.56 Å². The van der Waals surface area contributed by atoms with E-state index in [2.05, 4.69) is 15.4 Å². The number of alkyl carbamates (subject to hydrolysis) is 1. The highest BCUT2D eigenvalue weighted by Gasteiger charge is 2.19. The van der Waals surface area contributed by atoms with Crippen molar-refractivity contribution in [2.75, 3.05) is 33.0 Å². The molecule has 0 aromatic heterocycles. The van der Waals surface area contributed by atoms with Crippen molar-refractivity contribution in [2.24, 2.45) is 0 Å². The zero-order chi connectivity index (χ0) is 19.8. The summed E-state index contributed by atoms with van der Waals surface area (Å²) in [6.45, 7) is 6.12. The number of likely N-dealkylation sites (N-methyl/N-ethyl adjacent to an activating group) is 1. The van der Waals surface area contributed by atoms with Crippen molar-refractivity contribution in [3.8, 4) is 11.5 Å². The smallest absolute Gasteiger partial charge is 0.413 e. The van der Waals surface area contributed by atoms with Gasteiger partial charge < -0.3 is 19.5 Å². The Hall–Kier alpha value is -2.81. The minimum absolute atomic E-state index is 0.0294. The van der Waals surface area contributed by atoms with Crippen LogP contribution in [0, 0.1) is 0 Å². The molecule has 0 radical (unpaired) electrons. The topological polar surface area (TPSA) is 106 Å². The second-order valence-electron chi connectivity index (χ2n) is 5.97. The number of rotatable bonds is 8. The minimum atomic E-state index is -0.792. The molecule has 27 heavy (non-hydrogen) atoms. The van der Waals surface area contributed by atoms with Crippen molar-refractivity contribution >= 4 is 17.9 Å². The molecule has 1 aromatic carbocycles. The molecule has 0 spiro atoms. The molecule has 1 aromatic rings. The predicted octanol–water partition coefficient (Wildman–Crippen LogP) is 1.19. The number of carbonyl (C=O) groups excluding carboxylic acids is 3. The summed E-state index contributed by atoms with van der Waals surface area (Å²) >= 11 is 0. The number of hydrogen-bond donors (Lipinski definition) is 2. The van der Waals surface area contributed by atoms with E-state index in [4.69, 9.17) is 9.47 Å². The molecule has 2 N–H and O–H groups in total. The molecule has 0 bridgehead atoms. The first-order valence-electron chi connectivity index (χ1n) is 8.80. The third-order valence-electron chi connectivity index (χ3n) is 3.97. The monoisotopic (exact) mass is 379 g/mol. The first kappa shape index (κ1) is 20.5. The predicted molar refractivity (Wildman–Crippen MR) is 96.4 cm³/mol. The maximum atomic E-state index is 12.3. The quantitative estimate of drug-likeness (QED) is 0.699. The average Bonchev–Trinajstić information content (AvgIpc) is 3.08. The van der Waals surface area contributed by atoms with Crippen molar-refractivity contribution in [2.45, 2.75) is 26.8 Å². The number of nitrogens with one attached hydrogen (secondary N) is 2. The summed E-state index contributed by atoms with van der Waals surface area (Å²) in [6.07, 6.45) is -0.792. The summed E-state index contributed by atoms with van der Waals surface area (Å²) in [4.78, 5) is 37.0. The zero-order valence-electron chi connectivity index (χ0n) is 15.7. The van der Waals surface area contributed by atoms with E-state index in [1.165, 1.54) is 0 Å². The van der Waals surface area contributed by atoms with Crippen LogP contribution in [-0.2, 0) is 14.3 Å². The zero-order valence-corrected chi connectivity index (χ0v) is 15.7. The molecule has 3 amide bonds. The molecule has 0 saturated heterocycles. The Labute approximate surface area is 157 Å². The summed E-state index contributed by atoms with van der Waals surface area (Å²) in [5.41, 5.74) is 0.885. The van der Waals surface area contributed by atoms with Gasteiger partial charge >= 0.3 is 6.09 Å². The highest BCUT2D eigenvalue weighted by molar-refractivity contribution is 5.93. The van der Waals surface area contributed by atoms with Gasteiger partial charge in [-0.15, -0.1) is 0 Å². The van der Waals surface area contributed by atoms with E-state index in [0.29, 0.717) is 18.0 Å². The number of benzene rings is 1. The SMILES string of the molecule is CCOC(=O)NC(=O)CN(CC)CC(=O)N[C@H](C)c1ccc2c(c1)OCO2. The van der Waals surface area contributed by atoms with E-state index in [9.17, 15) is 14.4 Å². The molecule has 0 saturated carbocycles. The summed E-state index contributed by atoms with van der Waals surface area (Å²) in [5.74, 6) is 0.583. The Morgan fingerprint density at radius 3 is 2.56 bits per heavy atom. The van der Waals surface area contributed by atoms with Crippen LogP contribution < -0.4 is 20.1 Å². The number of hydrogen-bond acceptors (Lipinski definition) is 7. The van der Waals surface area contributed by atoms with Gasteiger partial charge in [0.05, 0.1) is 25.7 Å². The molecule has 0 fully saturated rings. The first-order chi connectivity index (χ1) is 12.9. The fraction of sp³-hybridized carbons (Fsp3) is 0.500. The first-order valence-corrected chi connectivity index (χ1v) is 8.80. The molecule has 0 unspecified atom stereocenters. The Morgan fingerprint density at radius 2 is 1.85 bits per heavy atom. The molecule has 0 aliphatic carbocycles. The van der Waals surface area contributed by atoms with Gasteiger partial charge in [-0.1, -0.05) is 13.0 Å². The fourth-order valence-electron chi connectivity index (χ4n) is 2.56. The maximum Gasteiger partial charge on any atom is 0.413 e. The number of carbonyl (C=O) groups is 3. The second-order valence-corrected chi connectivity index (χ2v) is 5.97. The fourth-order valence-corrected chi connectivity index (χ4v) is 2.56. The molecule has 1 atom stereocenters. The van der Waals surface area contributed by atoms with Gasteiger partial charge in [0.25, 0.3) is 0 Å². The molecule has 2 rings (SSSR count). The summed E-state index contributed by atoms with van der Waals surface area (Å²) in [6, 6.07) is 5.26. The molecular formula is C18H25N3O6. The van der Waals surface area contributed by atoms with Gasteiger partial charge in [0.1, 0.15) is 0 Å². The van der Waals surface area contributed by atoms with Gasteiger partial charge in [0.15, 0.2) is 11.5 Å². The van der Waals surface area contributed by atoms with Crippen molar-refractivity contribution in [3.63, 3.8) is 0 Å². The van der Waals surface area contributed by atoms with E-state index < -0.39 is 12.0 Å². The number of ether oxygens (including phenoxy) is 3. The van der Waals surface area contributed by atoms with Crippen LogP contribution in [0.3, 0.4) is 0 Å². The molecular weight excluding hydrogens is 354 g/mol. The van der Waals surface area contributed by atoms with Crippen LogP contribution in [0.15, 0.2) is 18.2 Å². The van der Waals surface area contributed by atoms with E-state index in [-0.39, 0.29) is 38.4 Å². The molecule has 1 aliphatic heterocycles. The van der Waals surface area contributed by atoms with Crippen molar-refractivity contribution in [1.29, 1.82) is 0 Å². The van der Waals surface area contributed by atoms with E-state index in [1.807, 2.05) is 26.0 Å². The lowest BCUT2D eigenvalue weighted by atomic mass is 10.1. The minimum Gasteiger partial charge on any atom is -0.454 e. The van der Waals surface area contributed by atoms with Gasteiger partial charge in [-0.2, -0.15) is 0 Å². The highest BCUT2D eigenvalue weighted by Crippen LogP contribution is 2.34. The summed E-state index contributed by atoms with van der Waals surface area (Å²) in [7, 11) is 0. The standard InChI is InChI=1S/C18H25N3O6/c1-4-21(10-17(23)20-18(24)25-5-2)9-16(22)19-12(3)13-6-7-14-15(8-13)27-11-26-14/h6-8,12H,4-5,9-11H2,1-3H3,(H,19,22)(H,20,23,24)/t12-/m1/s1. The lowest BCUT2D eigenvalue weighted by Crippen LogP contribution is -2.44. The van der Waals surface area contributed by atoms with Crippen molar-refractivity contribution in [3.05, 3.63) is 23.8 Å². The normalized spacial score (nSPS) is 13.2. The summed E-state index contributed by atoms with van der Waals surface area (Å²) in [5, 5.41) is 5.00. The molecule has 9 nitrogen and oxygen atoms in total. The molecule has 1 heterocycles. The highest BCUT2D eigenvalue weighted by atomic mass is 16.7. The third-order valence-corrected chi connectivity index (χ3v) is 3.97. The van der Waals surface area contributed by atoms with Crippen LogP contribution in [-0.4, -0.2) is 55.8 Å². The van der Waals surface area contributed by atoms with Crippen LogP contribution in [0.1, 0.15) is 32.4 Å². The Kier molecular flexibility index (Phi) is 7.42. The van der Waals surface area contributed by atoms with E-state index >= 15 is 0 Å². The van der Waals surface area contributed by atoms with Crippen LogP contribution in [0.2, 0.25) is 0 Å². The number of amides is 3. The number of nitrogens with zero attached hydrogens (tertiary/aromatic N) is 1. The van der Waals surface area contributed by atoms with Crippen LogP contribution in [0.4, 0.5) is 4.79 Å². The van der Waals surface area contributed by atoms with Gasteiger partial charge in [-0.25, -0.2) is 4.79 Å². The Bertz CT molecular complexity index is 694. The molecule has 1 aliphatic rings. The second kappa shape index (κ2) is 9.77. The Balaban J connectivity index is 1.83. The van der Waals surface area contributed by atoms with Crippen LogP contribution in [0.25, 0.3) is 0 Å². The molecule has 9 heteroatoms. The van der Waals surface area contributed by atoms with Crippen LogP contribution in [0.5, 0.6) is 11.5 Å². The average molecular weight is 379 g/mol. The van der Waals surface area contributed by atoms with Crippen LogP contribution >= 0.6 is 0 Å². The van der Waals surface area contributed by atoms with E-state index in [1.54, 1.807) is 17.9 Å². The lowest BCUT2D eigenvalue weighted by molar-refractivity contribution is -0.125. The maximum absolute atomic E-state index is 12.3. The van der Waals surface area contributed by atoms with Crippen molar-refractivity contribution < 1.29 is 28.6 Å².